The minimum absolute atomic E-state index is 0.593. The number of rotatable bonds is 7. The van der Waals surface area contributed by atoms with Crippen molar-refractivity contribution in [3.05, 3.63) is 0 Å². The summed E-state index contributed by atoms with van der Waals surface area (Å²) in [4.78, 5) is 0. The maximum absolute atomic E-state index is 10.4. The van der Waals surface area contributed by atoms with Crippen LogP contribution in [0.1, 0.15) is 0 Å². The third-order valence-electron chi connectivity index (χ3n) is 6.08. The van der Waals surface area contributed by atoms with Crippen molar-refractivity contribution >= 4 is 0 Å². The van der Waals surface area contributed by atoms with Gasteiger partial charge in [0, 0.05) is 0 Å². The van der Waals surface area contributed by atoms with Crippen LogP contribution in [0.2, 0.25) is 0 Å². The van der Waals surface area contributed by atoms with Crippen molar-refractivity contribution in [2.24, 2.45) is 0 Å². The Kier molecular flexibility index (Phi) is 9.54. The predicted octanol–water partition coefficient (Wildman–Crippen LogP) is -7.57. The average Bonchev–Trinajstić information content (AvgIpc) is 2.82. The van der Waals surface area contributed by atoms with E-state index in [2.05, 4.69) is 0 Å². The highest BCUT2D eigenvalue weighted by molar-refractivity contribution is 4.94. The van der Waals surface area contributed by atoms with Crippen molar-refractivity contribution in [2.75, 3.05) is 19.8 Å². The summed E-state index contributed by atoms with van der Waals surface area (Å²) in [7, 11) is 0. The molecule has 34 heavy (non-hydrogen) atoms. The van der Waals surface area contributed by atoms with Crippen LogP contribution in [0.5, 0.6) is 0 Å². The van der Waals surface area contributed by atoms with Gasteiger partial charge in [0.25, 0.3) is 0 Å². The largest absolute Gasteiger partial charge is 0.394 e. The smallest absolute Gasteiger partial charge is 0.187 e. The van der Waals surface area contributed by atoms with Crippen molar-refractivity contribution in [2.45, 2.75) is 92.1 Å². The molecular weight excluding hydrogens is 472 g/mol. The molecule has 3 saturated heterocycles. The third kappa shape index (κ3) is 5.52. The number of hydrogen-bond acceptors (Lipinski definition) is 16. The Hall–Kier alpha value is -0.640. The Balaban J connectivity index is 1.59. The van der Waals surface area contributed by atoms with Gasteiger partial charge < -0.3 is 79.9 Å². The van der Waals surface area contributed by atoms with E-state index in [-0.39, 0.29) is 0 Å². The van der Waals surface area contributed by atoms with Crippen molar-refractivity contribution in [3.63, 3.8) is 0 Å². The summed E-state index contributed by atoms with van der Waals surface area (Å²) >= 11 is 0. The fourth-order valence-corrected chi connectivity index (χ4v) is 3.94. The van der Waals surface area contributed by atoms with E-state index in [0.29, 0.717) is 0 Å². The Morgan fingerprint density at radius 2 is 0.971 bits per heavy atom. The zero-order valence-corrected chi connectivity index (χ0v) is 17.7. The minimum atomic E-state index is -1.92. The molecule has 0 amide bonds. The maximum atomic E-state index is 10.4. The van der Waals surface area contributed by atoms with Gasteiger partial charge in [-0.1, -0.05) is 0 Å². The van der Waals surface area contributed by atoms with E-state index >= 15 is 0 Å². The Morgan fingerprint density at radius 1 is 0.500 bits per heavy atom. The van der Waals surface area contributed by atoms with Gasteiger partial charge in [0.05, 0.1) is 19.8 Å². The van der Waals surface area contributed by atoms with Crippen molar-refractivity contribution in [1.29, 1.82) is 0 Å². The maximum Gasteiger partial charge on any atom is 0.187 e. The highest BCUT2D eigenvalue weighted by Gasteiger charge is 2.51. The van der Waals surface area contributed by atoms with Gasteiger partial charge in [-0.05, 0) is 0 Å². The lowest BCUT2D eigenvalue weighted by atomic mass is 9.97. The van der Waals surface area contributed by atoms with Crippen LogP contribution in [0.3, 0.4) is 0 Å². The molecule has 0 aromatic rings. The molecule has 3 aliphatic rings. The summed E-state index contributed by atoms with van der Waals surface area (Å²) in [5, 5.41) is 109. The van der Waals surface area contributed by atoms with Crippen LogP contribution in [-0.4, -0.2) is 168 Å². The third-order valence-corrected chi connectivity index (χ3v) is 6.08. The van der Waals surface area contributed by atoms with Crippen LogP contribution in [0.15, 0.2) is 0 Å². The number of aliphatic hydroxyl groups excluding tert-OH is 11. The first-order valence-corrected chi connectivity index (χ1v) is 10.6. The van der Waals surface area contributed by atoms with Gasteiger partial charge in [0.1, 0.15) is 73.2 Å². The molecule has 0 radical (unpaired) electrons. The lowest BCUT2D eigenvalue weighted by Crippen LogP contribution is -2.64. The van der Waals surface area contributed by atoms with E-state index in [1.807, 2.05) is 0 Å². The van der Waals surface area contributed by atoms with Gasteiger partial charge in [-0.25, -0.2) is 0 Å². The molecule has 3 rings (SSSR count). The van der Waals surface area contributed by atoms with Crippen LogP contribution in [0.4, 0.5) is 0 Å². The van der Waals surface area contributed by atoms with Crippen LogP contribution >= 0.6 is 0 Å². The highest BCUT2D eigenvalue weighted by Crippen LogP contribution is 2.29. The molecule has 3 heterocycles. The SMILES string of the molecule is OC[C@H]1O[C@@H](OC[C@H]2O[C@H](O)[C@H](O[C@@H]3O[C@H](CO)[C@@H](O)[C@H](O)[C@H]3O)[C@@H](O)[C@@H]2O)[C@H](O)[C@@H](O)[C@@H]1O. The normalized spacial score (nSPS) is 52.5. The summed E-state index contributed by atoms with van der Waals surface area (Å²) < 4.78 is 26.0. The number of hydrogen-bond donors (Lipinski definition) is 11. The molecule has 0 saturated carbocycles. The molecular formula is C18H32O16. The highest BCUT2D eigenvalue weighted by atomic mass is 16.7. The van der Waals surface area contributed by atoms with Gasteiger partial charge in [-0.3, -0.25) is 0 Å². The van der Waals surface area contributed by atoms with Gasteiger partial charge >= 0.3 is 0 Å². The van der Waals surface area contributed by atoms with E-state index in [0.717, 1.165) is 0 Å². The molecule has 0 aromatic carbocycles. The van der Waals surface area contributed by atoms with E-state index in [1.54, 1.807) is 0 Å². The van der Waals surface area contributed by atoms with E-state index in [9.17, 15) is 56.2 Å². The molecule has 11 N–H and O–H groups in total. The second-order valence-electron chi connectivity index (χ2n) is 8.37. The summed E-state index contributed by atoms with van der Waals surface area (Å²) in [6, 6.07) is 0. The summed E-state index contributed by atoms with van der Waals surface area (Å²) in [6.45, 7) is -2.02. The summed E-state index contributed by atoms with van der Waals surface area (Å²) in [5.74, 6) is 0. The molecule has 3 fully saturated rings. The van der Waals surface area contributed by atoms with Crippen molar-refractivity contribution in [3.8, 4) is 0 Å². The van der Waals surface area contributed by atoms with Crippen molar-refractivity contribution in [1.82, 2.24) is 0 Å². The second-order valence-corrected chi connectivity index (χ2v) is 8.37. The molecule has 200 valence electrons. The first kappa shape index (κ1) is 27.9. The average molecular weight is 504 g/mol. The standard InChI is InChI=1S/C18H32O16/c19-1-4-7(21)10(24)13(27)17(32-4)30-3-6-9(23)12(26)15(16(29)31-6)34-18-14(28)11(25)8(22)5(2-20)33-18/h4-29H,1-3H2/t4-,5-,6-,7-,8-,9-,10+,11+,12+,13-,14-,15-,16+,17-,18+/m1/s1. The van der Waals surface area contributed by atoms with Gasteiger partial charge in [-0.2, -0.15) is 0 Å². The summed E-state index contributed by atoms with van der Waals surface area (Å²) in [5.41, 5.74) is 0. The molecule has 0 spiro atoms. The molecule has 0 unspecified atom stereocenters. The van der Waals surface area contributed by atoms with E-state index in [1.165, 1.54) is 0 Å². The Bertz CT molecular complexity index is 635. The van der Waals surface area contributed by atoms with Crippen LogP contribution in [-0.2, 0) is 23.7 Å². The quantitative estimate of drug-likeness (QED) is 0.154. The Morgan fingerprint density at radius 3 is 1.50 bits per heavy atom. The second kappa shape index (κ2) is 11.6. The fraction of sp³-hybridized carbons (Fsp3) is 1.00. The molecule has 16 nitrogen and oxygen atoms in total. The Labute approximate surface area is 192 Å². The topological polar surface area (TPSA) is 269 Å². The monoisotopic (exact) mass is 504 g/mol. The molecule has 0 aromatic heterocycles. The van der Waals surface area contributed by atoms with Crippen molar-refractivity contribution < 1.29 is 79.9 Å². The van der Waals surface area contributed by atoms with Crippen LogP contribution in [0.25, 0.3) is 0 Å². The van der Waals surface area contributed by atoms with E-state index in [4.69, 9.17) is 23.7 Å². The molecule has 15 atom stereocenters. The zero-order chi connectivity index (χ0) is 25.3. The van der Waals surface area contributed by atoms with Crippen LogP contribution in [0, 0.1) is 0 Å². The van der Waals surface area contributed by atoms with Gasteiger partial charge in [-0.15, -0.1) is 0 Å². The molecule has 3 aliphatic heterocycles. The van der Waals surface area contributed by atoms with Crippen LogP contribution < -0.4 is 0 Å². The zero-order valence-electron chi connectivity index (χ0n) is 17.7. The van der Waals surface area contributed by atoms with Gasteiger partial charge in [0.15, 0.2) is 18.9 Å². The minimum Gasteiger partial charge on any atom is -0.394 e. The lowest BCUT2D eigenvalue weighted by Gasteiger charge is -2.45. The molecule has 16 heteroatoms. The lowest BCUT2D eigenvalue weighted by molar-refractivity contribution is -0.366. The first-order valence-electron chi connectivity index (χ1n) is 10.6. The summed E-state index contributed by atoms with van der Waals surface area (Å²) in [6.07, 6.45) is -24.8. The molecule has 0 bridgehead atoms. The van der Waals surface area contributed by atoms with Gasteiger partial charge in [0.2, 0.25) is 0 Å². The number of ether oxygens (including phenoxy) is 5. The first-order chi connectivity index (χ1) is 16.0. The predicted molar refractivity (Wildman–Crippen MR) is 101 cm³/mol. The molecule has 0 aliphatic carbocycles. The number of aliphatic hydroxyl groups is 11. The van der Waals surface area contributed by atoms with E-state index < -0.39 is 112 Å². The fourth-order valence-electron chi connectivity index (χ4n) is 3.94.